The summed E-state index contributed by atoms with van der Waals surface area (Å²) >= 11 is 0. The third-order valence-electron chi connectivity index (χ3n) is 3.01. The molecule has 0 saturated heterocycles. The second kappa shape index (κ2) is 5.84. The molecule has 0 aliphatic carbocycles. The van der Waals surface area contributed by atoms with Crippen LogP contribution >= 0.6 is 0 Å². The van der Waals surface area contributed by atoms with E-state index in [9.17, 15) is 19.4 Å². The smallest absolute Gasteiger partial charge is 0.534 e. The lowest BCUT2D eigenvalue weighted by molar-refractivity contribution is -0.140. The molecule has 0 radical (unpaired) electrons. The summed E-state index contributed by atoms with van der Waals surface area (Å²) in [4.78, 5) is 32.9. The largest absolute Gasteiger partial charge is 0.547 e. The van der Waals surface area contributed by atoms with Gasteiger partial charge in [-0.2, -0.15) is 0 Å². The molecule has 0 saturated carbocycles. The van der Waals surface area contributed by atoms with E-state index in [1.165, 1.54) is 12.1 Å². The summed E-state index contributed by atoms with van der Waals surface area (Å²) in [7, 11) is -1.45. The Balaban J connectivity index is 2.17. The normalized spacial score (nSPS) is 16.6. The molecule has 110 valence electrons. The molecule has 1 aliphatic rings. The maximum absolute atomic E-state index is 11.4. The molecule has 1 atom stereocenters. The Morgan fingerprint density at radius 3 is 2.67 bits per heavy atom. The fourth-order valence-electron chi connectivity index (χ4n) is 2.11. The van der Waals surface area contributed by atoms with Gasteiger partial charge in [0.15, 0.2) is 0 Å². The van der Waals surface area contributed by atoms with E-state index < -0.39 is 37.3 Å². The van der Waals surface area contributed by atoms with Crippen molar-refractivity contribution in [2.75, 3.05) is 0 Å². The number of amides is 1. The highest BCUT2D eigenvalue weighted by Gasteiger charge is 2.37. The van der Waals surface area contributed by atoms with E-state index in [-0.39, 0.29) is 17.7 Å². The molecule has 8 nitrogen and oxygen atoms in total. The van der Waals surface area contributed by atoms with Gasteiger partial charge in [0.25, 0.3) is 0 Å². The van der Waals surface area contributed by atoms with E-state index in [0.29, 0.717) is 5.56 Å². The maximum Gasteiger partial charge on any atom is 0.547 e. The van der Waals surface area contributed by atoms with E-state index in [2.05, 4.69) is 5.32 Å². The van der Waals surface area contributed by atoms with Crippen LogP contribution in [0.25, 0.3) is 0 Å². The van der Waals surface area contributed by atoms with Crippen LogP contribution in [-0.2, 0) is 16.0 Å². The summed E-state index contributed by atoms with van der Waals surface area (Å²) in [6.07, 6.45) is -0.575. The lowest BCUT2D eigenvalue weighted by Crippen LogP contribution is -2.53. The molecule has 1 aromatic rings. The first-order valence-electron chi connectivity index (χ1n) is 6.09. The third kappa shape index (κ3) is 3.32. The van der Waals surface area contributed by atoms with Crippen LogP contribution in [0.3, 0.4) is 0 Å². The van der Waals surface area contributed by atoms with Crippen molar-refractivity contribution in [1.29, 1.82) is 0 Å². The van der Waals surface area contributed by atoms with Crippen LogP contribution in [0, 0.1) is 0 Å². The number of aromatic carboxylic acids is 1. The molecule has 0 aromatic heterocycles. The number of carbonyl (C=O) groups excluding carboxylic acids is 1. The van der Waals surface area contributed by atoms with Gasteiger partial charge in [0.1, 0.15) is 12.2 Å². The lowest BCUT2D eigenvalue weighted by Gasteiger charge is -2.28. The summed E-state index contributed by atoms with van der Waals surface area (Å²) in [5.41, 5.74) is 0.433. The van der Waals surface area contributed by atoms with Crippen molar-refractivity contribution in [3.05, 3.63) is 29.3 Å². The minimum atomic E-state index is -1.45. The van der Waals surface area contributed by atoms with Crippen molar-refractivity contribution in [3.63, 3.8) is 0 Å². The molecule has 1 aliphatic heterocycles. The summed E-state index contributed by atoms with van der Waals surface area (Å²) in [5.74, 6) is -4.01. The zero-order chi connectivity index (χ0) is 15.6. The second-order valence-corrected chi connectivity index (χ2v) is 4.56. The standard InChI is InChI=1S/C12H12BNO7/c15-9(5-10(16)17)14-8-4-6-2-1-3-7(12(18)19)11(6)21-13(8)20/h1-3,8,20H,4-5H2,(H,14,15)(H,16,17)(H,18,19)/t8-/m0/s1. The van der Waals surface area contributed by atoms with Gasteiger partial charge in [0.05, 0.1) is 11.5 Å². The van der Waals surface area contributed by atoms with Crippen molar-refractivity contribution in [1.82, 2.24) is 5.32 Å². The van der Waals surface area contributed by atoms with Gasteiger partial charge in [-0.1, -0.05) is 12.1 Å². The third-order valence-corrected chi connectivity index (χ3v) is 3.01. The van der Waals surface area contributed by atoms with E-state index in [0.717, 1.165) is 0 Å². The Kier molecular flexibility index (Phi) is 4.13. The lowest BCUT2D eigenvalue weighted by atomic mass is 9.72. The molecule has 21 heavy (non-hydrogen) atoms. The quantitative estimate of drug-likeness (QED) is 0.426. The number of carbonyl (C=O) groups is 3. The van der Waals surface area contributed by atoms with Crippen LogP contribution in [0.4, 0.5) is 0 Å². The first-order valence-corrected chi connectivity index (χ1v) is 6.09. The van der Waals surface area contributed by atoms with Gasteiger partial charge >= 0.3 is 19.1 Å². The van der Waals surface area contributed by atoms with E-state index in [1.807, 2.05) is 0 Å². The summed E-state index contributed by atoms with van der Waals surface area (Å²) in [6.45, 7) is 0. The molecule has 0 fully saturated rings. The van der Waals surface area contributed by atoms with Crippen LogP contribution in [0.2, 0.25) is 0 Å². The molecule has 1 amide bonds. The number of carboxylic acids is 2. The fraction of sp³-hybridized carbons (Fsp3) is 0.250. The topological polar surface area (TPSA) is 133 Å². The second-order valence-electron chi connectivity index (χ2n) is 4.56. The summed E-state index contributed by atoms with van der Waals surface area (Å²) in [5, 5.41) is 29.7. The molecule has 1 heterocycles. The number of hydrogen-bond acceptors (Lipinski definition) is 5. The number of hydrogen-bond donors (Lipinski definition) is 4. The Hall–Kier alpha value is -2.55. The molecular formula is C12H12BNO7. The molecular weight excluding hydrogens is 281 g/mol. The highest BCUT2D eigenvalue weighted by atomic mass is 16.5. The average molecular weight is 293 g/mol. The first-order chi connectivity index (χ1) is 9.88. The Labute approximate surface area is 119 Å². The van der Waals surface area contributed by atoms with E-state index in [4.69, 9.17) is 14.9 Å². The highest BCUT2D eigenvalue weighted by Crippen LogP contribution is 2.30. The molecule has 0 bridgehead atoms. The highest BCUT2D eigenvalue weighted by molar-refractivity contribution is 6.47. The maximum atomic E-state index is 11.4. The molecule has 0 spiro atoms. The number of para-hydroxylation sites is 1. The van der Waals surface area contributed by atoms with Crippen LogP contribution in [-0.4, -0.2) is 46.1 Å². The number of aliphatic carboxylic acids is 1. The Morgan fingerprint density at radius 2 is 2.05 bits per heavy atom. The van der Waals surface area contributed by atoms with Crippen LogP contribution < -0.4 is 9.97 Å². The number of fused-ring (bicyclic) bond motifs is 1. The molecule has 2 rings (SSSR count). The fourth-order valence-corrected chi connectivity index (χ4v) is 2.11. The van der Waals surface area contributed by atoms with E-state index in [1.54, 1.807) is 6.07 Å². The van der Waals surface area contributed by atoms with Crippen molar-refractivity contribution >= 4 is 25.0 Å². The first kappa shape index (κ1) is 14.9. The van der Waals surface area contributed by atoms with Gasteiger partial charge in [0.2, 0.25) is 5.91 Å². The van der Waals surface area contributed by atoms with Gasteiger partial charge in [-0.25, -0.2) is 4.79 Å². The summed E-state index contributed by atoms with van der Waals surface area (Å²) in [6, 6.07) is 4.49. The van der Waals surface area contributed by atoms with Gasteiger partial charge in [0, 0.05) is 0 Å². The number of rotatable bonds is 4. The van der Waals surface area contributed by atoms with Crippen molar-refractivity contribution in [3.8, 4) is 5.75 Å². The SMILES string of the molecule is O=C(O)CC(=O)N[C@H]1Cc2cccc(C(=O)O)c2OB1O. The van der Waals surface area contributed by atoms with Crippen LogP contribution in [0.1, 0.15) is 22.3 Å². The van der Waals surface area contributed by atoms with Crippen LogP contribution in [0.15, 0.2) is 18.2 Å². The van der Waals surface area contributed by atoms with Crippen LogP contribution in [0.5, 0.6) is 5.75 Å². The van der Waals surface area contributed by atoms with Crippen molar-refractivity contribution in [2.24, 2.45) is 0 Å². The van der Waals surface area contributed by atoms with Gasteiger partial charge in [-0.3, -0.25) is 9.59 Å². The summed E-state index contributed by atoms with van der Waals surface area (Å²) < 4.78 is 5.16. The monoisotopic (exact) mass is 293 g/mol. The minimum absolute atomic E-state index is 0.0567. The van der Waals surface area contributed by atoms with Crippen molar-refractivity contribution in [2.45, 2.75) is 18.8 Å². The number of nitrogens with one attached hydrogen (secondary N) is 1. The van der Waals surface area contributed by atoms with Gasteiger partial charge in [-0.15, -0.1) is 0 Å². The van der Waals surface area contributed by atoms with Gasteiger partial charge < -0.3 is 25.2 Å². The Bertz CT molecular complexity index is 603. The number of benzene rings is 1. The van der Waals surface area contributed by atoms with Gasteiger partial charge in [-0.05, 0) is 18.1 Å². The average Bonchev–Trinajstić information content (AvgIpc) is 2.37. The Morgan fingerprint density at radius 1 is 1.33 bits per heavy atom. The predicted molar refractivity (Wildman–Crippen MR) is 69.9 cm³/mol. The van der Waals surface area contributed by atoms with E-state index >= 15 is 0 Å². The predicted octanol–water partition coefficient (Wildman–Crippen LogP) is -0.701. The molecule has 9 heteroatoms. The zero-order valence-electron chi connectivity index (χ0n) is 10.8. The molecule has 0 unspecified atom stereocenters. The van der Waals surface area contributed by atoms with Crippen molar-refractivity contribution < 1.29 is 34.3 Å². The number of carboxylic acid groups (broad SMARTS) is 2. The minimum Gasteiger partial charge on any atom is -0.534 e. The molecule has 1 aromatic carbocycles. The zero-order valence-corrected chi connectivity index (χ0v) is 10.8. The molecule has 4 N–H and O–H groups in total.